The Balaban J connectivity index is 1.27. The highest BCUT2D eigenvalue weighted by atomic mass is 16.2. The molecule has 2 amide bonds. The molecule has 1 saturated carbocycles. The van der Waals surface area contributed by atoms with Crippen LogP contribution in [0.1, 0.15) is 31.2 Å². The van der Waals surface area contributed by atoms with Crippen molar-refractivity contribution in [3.8, 4) is 5.69 Å². The Labute approximate surface area is 154 Å². The first-order chi connectivity index (χ1) is 12.7. The van der Waals surface area contributed by atoms with E-state index >= 15 is 0 Å². The van der Waals surface area contributed by atoms with Crippen molar-refractivity contribution < 1.29 is 4.79 Å². The van der Waals surface area contributed by atoms with E-state index in [-0.39, 0.29) is 6.03 Å². The van der Waals surface area contributed by atoms with Crippen molar-refractivity contribution in [3.63, 3.8) is 0 Å². The minimum atomic E-state index is 0.00216. The standard InChI is InChI=1S/C20H27N5O/c1-23(14-16-13-21-25(15-16)19-5-3-2-4-6-19)20(26)22-17-9-11-24(12-10-17)18-7-8-18/h2-6,13,15,17-18H,7-12,14H2,1H3,(H,22,26). The predicted molar refractivity (Wildman–Crippen MR) is 101 cm³/mol. The minimum absolute atomic E-state index is 0.00216. The molecule has 4 rings (SSSR count). The van der Waals surface area contributed by atoms with Crippen LogP contribution in [0, 0.1) is 0 Å². The number of carbonyl (C=O) groups excluding carboxylic acids is 1. The molecule has 0 atom stereocenters. The van der Waals surface area contributed by atoms with Gasteiger partial charge in [-0.05, 0) is 37.8 Å². The van der Waals surface area contributed by atoms with Crippen LogP contribution in [-0.2, 0) is 6.54 Å². The normalized spacial score (nSPS) is 18.7. The lowest BCUT2D eigenvalue weighted by Gasteiger charge is -2.33. The maximum Gasteiger partial charge on any atom is 0.317 e. The topological polar surface area (TPSA) is 53.4 Å². The summed E-state index contributed by atoms with van der Waals surface area (Å²) in [6, 6.07) is 11.1. The van der Waals surface area contributed by atoms with Crippen LogP contribution >= 0.6 is 0 Å². The Morgan fingerprint density at radius 3 is 2.62 bits per heavy atom. The first-order valence-electron chi connectivity index (χ1n) is 9.54. The van der Waals surface area contributed by atoms with Gasteiger partial charge in [0.05, 0.1) is 18.4 Å². The number of hydrogen-bond donors (Lipinski definition) is 1. The zero-order valence-corrected chi connectivity index (χ0v) is 15.3. The van der Waals surface area contributed by atoms with Gasteiger partial charge in [-0.25, -0.2) is 9.48 Å². The van der Waals surface area contributed by atoms with Crippen molar-refractivity contribution >= 4 is 6.03 Å². The fourth-order valence-electron chi connectivity index (χ4n) is 3.64. The predicted octanol–water partition coefficient (Wildman–Crippen LogP) is 2.64. The van der Waals surface area contributed by atoms with Crippen molar-refractivity contribution in [3.05, 3.63) is 48.3 Å². The summed E-state index contributed by atoms with van der Waals surface area (Å²) in [6.45, 7) is 2.78. The molecule has 1 saturated heterocycles. The molecular weight excluding hydrogens is 326 g/mol. The fraction of sp³-hybridized carbons (Fsp3) is 0.500. The largest absolute Gasteiger partial charge is 0.335 e. The van der Waals surface area contributed by atoms with Gasteiger partial charge in [0.15, 0.2) is 0 Å². The molecule has 2 aromatic rings. The van der Waals surface area contributed by atoms with E-state index in [1.165, 1.54) is 12.8 Å². The van der Waals surface area contributed by atoms with E-state index in [1.54, 1.807) is 4.90 Å². The van der Waals surface area contributed by atoms with Gasteiger partial charge in [0.25, 0.3) is 0 Å². The third-order valence-corrected chi connectivity index (χ3v) is 5.34. The lowest BCUT2D eigenvalue weighted by atomic mass is 10.1. The number of benzene rings is 1. The quantitative estimate of drug-likeness (QED) is 0.899. The Morgan fingerprint density at radius 2 is 1.92 bits per heavy atom. The smallest absolute Gasteiger partial charge is 0.317 e. The maximum absolute atomic E-state index is 12.5. The summed E-state index contributed by atoms with van der Waals surface area (Å²) in [5.74, 6) is 0. The number of urea groups is 1. The molecule has 1 aromatic carbocycles. The van der Waals surface area contributed by atoms with Gasteiger partial charge in [-0.3, -0.25) is 0 Å². The van der Waals surface area contributed by atoms with E-state index in [0.717, 1.165) is 43.2 Å². The van der Waals surface area contributed by atoms with Crippen LogP contribution in [0.5, 0.6) is 0 Å². The number of piperidine rings is 1. The second kappa shape index (κ2) is 7.50. The molecule has 2 aliphatic rings. The monoisotopic (exact) mass is 353 g/mol. The van der Waals surface area contributed by atoms with Gasteiger partial charge in [0, 0.05) is 44.0 Å². The Bertz CT molecular complexity index is 732. The summed E-state index contributed by atoms with van der Waals surface area (Å²) in [5, 5.41) is 7.59. The van der Waals surface area contributed by atoms with Gasteiger partial charge in [-0.15, -0.1) is 0 Å². The van der Waals surface area contributed by atoms with Crippen LogP contribution in [0.2, 0.25) is 0 Å². The lowest BCUT2D eigenvalue weighted by Crippen LogP contribution is -2.48. The molecule has 6 heteroatoms. The molecule has 0 spiro atoms. The molecule has 138 valence electrons. The van der Waals surface area contributed by atoms with Crippen LogP contribution in [0.4, 0.5) is 4.79 Å². The molecule has 2 fully saturated rings. The van der Waals surface area contributed by atoms with Crippen molar-refractivity contribution in [1.82, 2.24) is 24.9 Å². The number of para-hydroxylation sites is 1. The molecule has 1 N–H and O–H groups in total. The van der Waals surface area contributed by atoms with Gasteiger partial charge < -0.3 is 15.1 Å². The SMILES string of the molecule is CN(Cc1cnn(-c2ccccc2)c1)C(=O)NC1CCN(C2CC2)CC1. The van der Waals surface area contributed by atoms with E-state index in [9.17, 15) is 4.79 Å². The number of nitrogens with one attached hydrogen (secondary N) is 1. The first-order valence-corrected chi connectivity index (χ1v) is 9.54. The van der Waals surface area contributed by atoms with Crippen LogP contribution < -0.4 is 5.32 Å². The van der Waals surface area contributed by atoms with Crippen LogP contribution in [0.15, 0.2) is 42.7 Å². The molecular formula is C20H27N5O. The molecule has 0 bridgehead atoms. The second-order valence-electron chi connectivity index (χ2n) is 7.48. The summed E-state index contributed by atoms with van der Waals surface area (Å²) in [4.78, 5) is 16.8. The van der Waals surface area contributed by atoms with Crippen LogP contribution in [0.3, 0.4) is 0 Å². The Kier molecular flexibility index (Phi) is 4.93. The second-order valence-corrected chi connectivity index (χ2v) is 7.48. The molecule has 2 heterocycles. The van der Waals surface area contributed by atoms with Crippen molar-refractivity contribution in [2.45, 2.75) is 44.3 Å². The lowest BCUT2D eigenvalue weighted by molar-refractivity contribution is 0.173. The molecule has 1 aliphatic carbocycles. The molecule has 1 aliphatic heterocycles. The van der Waals surface area contributed by atoms with E-state index in [4.69, 9.17) is 0 Å². The van der Waals surface area contributed by atoms with Crippen molar-refractivity contribution in [2.75, 3.05) is 20.1 Å². The summed E-state index contributed by atoms with van der Waals surface area (Å²) in [7, 11) is 1.84. The summed E-state index contributed by atoms with van der Waals surface area (Å²) in [6.07, 6.45) is 8.63. The average molecular weight is 353 g/mol. The molecule has 0 radical (unpaired) electrons. The van der Waals surface area contributed by atoms with Gasteiger partial charge in [-0.1, -0.05) is 18.2 Å². The highest BCUT2D eigenvalue weighted by Crippen LogP contribution is 2.29. The van der Waals surface area contributed by atoms with Crippen molar-refractivity contribution in [2.24, 2.45) is 0 Å². The summed E-state index contributed by atoms with van der Waals surface area (Å²) in [5.41, 5.74) is 2.04. The highest BCUT2D eigenvalue weighted by molar-refractivity contribution is 5.74. The Hall–Kier alpha value is -2.34. The van der Waals surface area contributed by atoms with Gasteiger partial charge >= 0.3 is 6.03 Å². The number of aromatic nitrogens is 2. The number of nitrogens with zero attached hydrogens (tertiary/aromatic N) is 4. The summed E-state index contributed by atoms with van der Waals surface area (Å²) >= 11 is 0. The Morgan fingerprint density at radius 1 is 1.19 bits per heavy atom. The third-order valence-electron chi connectivity index (χ3n) is 5.34. The number of likely N-dealkylation sites (tertiary alicyclic amines) is 1. The average Bonchev–Trinajstić information content (AvgIpc) is 3.42. The van der Waals surface area contributed by atoms with Gasteiger partial charge in [0.2, 0.25) is 0 Å². The number of carbonyl (C=O) groups is 1. The van der Waals surface area contributed by atoms with Crippen LogP contribution in [0.25, 0.3) is 5.69 Å². The molecule has 6 nitrogen and oxygen atoms in total. The van der Waals surface area contributed by atoms with E-state index in [1.807, 2.05) is 54.5 Å². The van der Waals surface area contributed by atoms with Gasteiger partial charge in [0.1, 0.15) is 0 Å². The van der Waals surface area contributed by atoms with Crippen LogP contribution in [-0.4, -0.2) is 57.8 Å². The van der Waals surface area contributed by atoms with E-state index < -0.39 is 0 Å². The molecule has 26 heavy (non-hydrogen) atoms. The summed E-state index contributed by atoms with van der Waals surface area (Å²) < 4.78 is 1.84. The highest BCUT2D eigenvalue weighted by Gasteiger charge is 2.32. The minimum Gasteiger partial charge on any atom is -0.335 e. The molecule has 1 aromatic heterocycles. The third kappa shape index (κ3) is 4.07. The molecule has 0 unspecified atom stereocenters. The first kappa shape index (κ1) is 17.1. The number of rotatable bonds is 5. The van der Waals surface area contributed by atoms with E-state index in [2.05, 4.69) is 15.3 Å². The zero-order chi connectivity index (χ0) is 17.9. The van der Waals surface area contributed by atoms with Crippen molar-refractivity contribution in [1.29, 1.82) is 0 Å². The maximum atomic E-state index is 12.5. The number of hydrogen-bond acceptors (Lipinski definition) is 3. The van der Waals surface area contributed by atoms with E-state index in [0.29, 0.717) is 12.6 Å². The number of amides is 2. The zero-order valence-electron chi connectivity index (χ0n) is 15.3. The van der Waals surface area contributed by atoms with Gasteiger partial charge in [-0.2, -0.15) is 5.10 Å². The fourth-order valence-corrected chi connectivity index (χ4v) is 3.64.